The molecule has 0 radical (unpaired) electrons. The van der Waals surface area contributed by atoms with Gasteiger partial charge in [-0.25, -0.2) is 0 Å². The van der Waals surface area contributed by atoms with Crippen LogP contribution in [0.3, 0.4) is 0 Å². The number of benzene rings is 1. The van der Waals surface area contributed by atoms with Crippen LogP contribution >= 0.6 is 50.1 Å². The largest absolute Gasteiger partial charge is 0.122 e. The Morgan fingerprint density at radius 3 is 2.70 bits per heavy atom. The van der Waals surface area contributed by atoms with Crippen LogP contribution in [-0.4, -0.2) is 0 Å². The zero-order valence-electron chi connectivity index (χ0n) is 5.07. The van der Waals surface area contributed by atoms with Gasteiger partial charge in [0.2, 0.25) is 0 Å². The van der Waals surface area contributed by atoms with Gasteiger partial charge in [-0.05, 0) is 50.2 Å². The fraction of sp³-hybridized carbons (Fsp3) is 0.143. The van der Waals surface area contributed by atoms with Gasteiger partial charge in [0.25, 0.3) is 0 Å². The second-order valence-corrected chi connectivity index (χ2v) is 4.05. The van der Waals surface area contributed by atoms with Gasteiger partial charge >= 0.3 is 0 Å². The Hall–Kier alpha value is 0.720. The number of halogens is 3. The summed E-state index contributed by atoms with van der Waals surface area (Å²) >= 11 is 11.4. The van der Waals surface area contributed by atoms with Crippen LogP contribution in [0, 0.1) is 3.57 Å². The molecule has 0 amide bonds. The molecule has 0 atom stereocenters. The van der Waals surface area contributed by atoms with E-state index in [4.69, 9.17) is 11.6 Å². The highest BCUT2D eigenvalue weighted by Gasteiger charge is 1.99. The van der Waals surface area contributed by atoms with Gasteiger partial charge in [-0.1, -0.05) is 12.1 Å². The first-order valence-electron chi connectivity index (χ1n) is 2.74. The summed E-state index contributed by atoms with van der Waals surface area (Å²) in [5.74, 6) is 0.581. The van der Waals surface area contributed by atoms with Crippen LogP contribution in [0.4, 0.5) is 0 Å². The molecular formula is C7H5BrClI. The zero-order valence-corrected chi connectivity index (χ0v) is 9.57. The van der Waals surface area contributed by atoms with Gasteiger partial charge in [-0.15, -0.1) is 11.6 Å². The van der Waals surface area contributed by atoms with Gasteiger partial charge < -0.3 is 0 Å². The van der Waals surface area contributed by atoms with Gasteiger partial charge in [0.15, 0.2) is 0 Å². The lowest BCUT2D eigenvalue weighted by atomic mass is 10.2. The molecule has 0 nitrogen and oxygen atoms in total. The maximum absolute atomic E-state index is 5.68. The van der Waals surface area contributed by atoms with E-state index >= 15 is 0 Å². The molecule has 1 rings (SSSR count). The molecule has 1 aromatic rings. The summed E-state index contributed by atoms with van der Waals surface area (Å²) in [7, 11) is 0. The molecule has 0 aliphatic carbocycles. The van der Waals surface area contributed by atoms with Crippen molar-refractivity contribution in [1.82, 2.24) is 0 Å². The second-order valence-electron chi connectivity index (χ2n) is 1.85. The van der Waals surface area contributed by atoms with E-state index in [1.807, 2.05) is 18.2 Å². The van der Waals surface area contributed by atoms with E-state index in [1.54, 1.807) is 0 Å². The summed E-state index contributed by atoms with van der Waals surface area (Å²) in [6, 6.07) is 6.03. The van der Waals surface area contributed by atoms with Crippen molar-refractivity contribution in [3.05, 3.63) is 31.8 Å². The van der Waals surface area contributed by atoms with E-state index in [0.29, 0.717) is 5.88 Å². The Labute approximate surface area is 87.2 Å². The first kappa shape index (κ1) is 8.81. The van der Waals surface area contributed by atoms with Crippen LogP contribution in [0.2, 0.25) is 0 Å². The molecule has 1 aromatic carbocycles. The highest BCUT2D eigenvalue weighted by Crippen LogP contribution is 2.23. The molecule has 0 fully saturated rings. The average Bonchev–Trinajstić information content (AvgIpc) is 1.95. The van der Waals surface area contributed by atoms with Crippen LogP contribution in [0.5, 0.6) is 0 Å². The Morgan fingerprint density at radius 1 is 1.50 bits per heavy atom. The van der Waals surface area contributed by atoms with E-state index in [1.165, 1.54) is 9.13 Å². The third-order valence-corrected chi connectivity index (χ3v) is 4.14. The van der Waals surface area contributed by atoms with Crippen molar-refractivity contribution in [3.63, 3.8) is 0 Å². The minimum absolute atomic E-state index is 0.581. The van der Waals surface area contributed by atoms with Crippen LogP contribution < -0.4 is 0 Å². The van der Waals surface area contributed by atoms with Crippen molar-refractivity contribution in [1.29, 1.82) is 0 Å². The SMILES string of the molecule is ClCc1cccc(Br)c1I. The Bertz CT molecular complexity index is 237. The van der Waals surface area contributed by atoms with Crippen LogP contribution in [-0.2, 0) is 5.88 Å². The summed E-state index contributed by atoms with van der Waals surface area (Å²) in [6.45, 7) is 0. The molecule has 3 heteroatoms. The highest BCUT2D eigenvalue weighted by molar-refractivity contribution is 14.1. The Balaban J connectivity index is 3.14. The molecule has 0 saturated carbocycles. The lowest BCUT2D eigenvalue weighted by Gasteiger charge is -2.00. The zero-order chi connectivity index (χ0) is 7.56. The predicted molar refractivity (Wildman–Crippen MR) is 56.4 cm³/mol. The van der Waals surface area contributed by atoms with Crippen molar-refractivity contribution in [3.8, 4) is 0 Å². The number of hydrogen-bond acceptors (Lipinski definition) is 0. The normalized spacial score (nSPS) is 9.90. The third-order valence-electron chi connectivity index (χ3n) is 1.18. The topological polar surface area (TPSA) is 0 Å². The van der Waals surface area contributed by atoms with Crippen LogP contribution in [0.25, 0.3) is 0 Å². The summed E-state index contributed by atoms with van der Waals surface area (Å²) in [5.41, 5.74) is 1.18. The van der Waals surface area contributed by atoms with Crippen molar-refractivity contribution >= 4 is 50.1 Å². The number of rotatable bonds is 1. The van der Waals surface area contributed by atoms with Crippen molar-refractivity contribution in [2.24, 2.45) is 0 Å². The first-order chi connectivity index (χ1) is 4.75. The quantitative estimate of drug-likeness (QED) is 0.542. The molecular weight excluding hydrogens is 326 g/mol. The number of alkyl halides is 1. The van der Waals surface area contributed by atoms with Gasteiger partial charge in [0, 0.05) is 13.9 Å². The molecule has 0 aliphatic heterocycles. The maximum Gasteiger partial charge on any atom is 0.0484 e. The van der Waals surface area contributed by atoms with Crippen molar-refractivity contribution < 1.29 is 0 Å². The summed E-state index contributed by atoms with van der Waals surface area (Å²) in [5, 5.41) is 0. The summed E-state index contributed by atoms with van der Waals surface area (Å²) in [4.78, 5) is 0. The van der Waals surface area contributed by atoms with Gasteiger partial charge in [-0.2, -0.15) is 0 Å². The minimum Gasteiger partial charge on any atom is -0.122 e. The lowest BCUT2D eigenvalue weighted by Crippen LogP contribution is -1.83. The van der Waals surface area contributed by atoms with Gasteiger partial charge in [0.1, 0.15) is 0 Å². The van der Waals surface area contributed by atoms with Gasteiger partial charge in [-0.3, -0.25) is 0 Å². The molecule has 0 bridgehead atoms. The fourth-order valence-corrected chi connectivity index (χ4v) is 2.06. The molecule has 0 aromatic heterocycles. The predicted octanol–water partition coefficient (Wildman–Crippen LogP) is 3.79. The van der Waals surface area contributed by atoms with Crippen molar-refractivity contribution in [2.45, 2.75) is 5.88 Å². The summed E-state index contributed by atoms with van der Waals surface area (Å²) < 4.78 is 2.32. The molecule has 0 saturated heterocycles. The third kappa shape index (κ3) is 1.86. The standard InChI is InChI=1S/C7H5BrClI/c8-6-3-1-2-5(4-9)7(6)10/h1-3H,4H2. The first-order valence-corrected chi connectivity index (χ1v) is 5.15. The summed E-state index contributed by atoms with van der Waals surface area (Å²) in [6.07, 6.45) is 0. The van der Waals surface area contributed by atoms with E-state index in [9.17, 15) is 0 Å². The lowest BCUT2D eigenvalue weighted by molar-refractivity contribution is 1.35. The molecule has 10 heavy (non-hydrogen) atoms. The van der Waals surface area contributed by atoms with Crippen LogP contribution in [0.15, 0.2) is 22.7 Å². The van der Waals surface area contributed by atoms with Crippen molar-refractivity contribution in [2.75, 3.05) is 0 Å². The Kier molecular flexibility index (Phi) is 3.46. The molecule has 0 aliphatic rings. The molecule has 0 unspecified atom stereocenters. The van der Waals surface area contributed by atoms with Gasteiger partial charge in [0.05, 0.1) is 0 Å². The van der Waals surface area contributed by atoms with E-state index in [0.717, 1.165) is 4.47 Å². The Morgan fingerprint density at radius 2 is 2.20 bits per heavy atom. The molecule has 0 heterocycles. The monoisotopic (exact) mass is 330 g/mol. The van der Waals surface area contributed by atoms with E-state index in [-0.39, 0.29) is 0 Å². The fourth-order valence-electron chi connectivity index (χ4n) is 0.652. The molecule has 0 spiro atoms. The second kappa shape index (κ2) is 3.93. The smallest absolute Gasteiger partial charge is 0.0484 e. The van der Waals surface area contributed by atoms with E-state index in [2.05, 4.69) is 38.5 Å². The van der Waals surface area contributed by atoms with E-state index < -0.39 is 0 Å². The minimum atomic E-state index is 0.581. The maximum atomic E-state index is 5.68. The average molecular weight is 331 g/mol. The molecule has 0 N–H and O–H groups in total. The van der Waals surface area contributed by atoms with Crippen LogP contribution in [0.1, 0.15) is 5.56 Å². The molecule has 54 valence electrons. The highest BCUT2D eigenvalue weighted by atomic mass is 127. The number of hydrogen-bond donors (Lipinski definition) is 0.